The highest BCUT2D eigenvalue weighted by molar-refractivity contribution is 7.98. The minimum atomic E-state index is -0.307. The van der Waals surface area contributed by atoms with Crippen molar-refractivity contribution in [1.29, 1.82) is 0 Å². The van der Waals surface area contributed by atoms with Crippen LogP contribution in [0, 0.1) is 0 Å². The number of fused-ring (bicyclic) bond motifs is 4. The van der Waals surface area contributed by atoms with Gasteiger partial charge in [-0.1, -0.05) is 54.2 Å². The number of para-hydroxylation sites is 1. The molecule has 0 bridgehead atoms. The summed E-state index contributed by atoms with van der Waals surface area (Å²) in [7, 11) is 0. The zero-order chi connectivity index (χ0) is 23.2. The third-order valence-corrected chi connectivity index (χ3v) is 6.37. The fourth-order valence-electron chi connectivity index (χ4n) is 3.89. The van der Waals surface area contributed by atoms with E-state index in [-0.39, 0.29) is 22.8 Å². The lowest BCUT2D eigenvalue weighted by Crippen LogP contribution is -2.24. The summed E-state index contributed by atoms with van der Waals surface area (Å²) < 4.78 is 4.67. The van der Waals surface area contributed by atoms with E-state index in [2.05, 4.69) is 25.3 Å². The molecule has 0 fully saturated rings. The maximum Gasteiger partial charge on any atom is 0.274 e. The molecule has 3 N–H and O–H groups in total. The van der Waals surface area contributed by atoms with E-state index >= 15 is 0 Å². The van der Waals surface area contributed by atoms with Crippen molar-refractivity contribution < 1.29 is 0 Å². The number of hydrogen-bond acceptors (Lipinski definition) is 8. The smallest absolute Gasteiger partial charge is 0.274 e. The van der Waals surface area contributed by atoms with Crippen LogP contribution in [0.2, 0.25) is 0 Å². The monoisotopic (exact) mass is 471 g/mol. The van der Waals surface area contributed by atoms with Crippen LogP contribution in [0.15, 0.2) is 75.4 Å². The maximum absolute atomic E-state index is 13.3. The molecule has 168 valence electrons. The average molecular weight is 472 g/mol. The van der Waals surface area contributed by atoms with Gasteiger partial charge in [-0.15, -0.1) is 10.2 Å². The molecule has 0 unspecified atom stereocenters. The molecule has 12 heteroatoms. The van der Waals surface area contributed by atoms with Crippen molar-refractivity contribution >= 4 is 40.2 Å². The van der Waals surface area contributed by atoms with Gasteiger partial charge in [0.25, 0.3) is 16.9 Å². The molecule has 6 rings (SSSR count). The van der Waals surface area contributed by atoms with Crippen LogP contribution >= 0.6 is 11.8 Å². The number of nitrogens with two attached hydrogens (primary N) is 1. The molecule has 4 heterocycles. The van der Waals surface area contributed by atoms with E-state index in [4.69, 9.17) is 5.73 Å². The van der Waals surface area contributed by atoms with Gasteiger partial charge in [0.1, 0.15) is 0 Å². The van der Waals surface area contributed by atoms with Gasteiger partial charge in [0.2, 0.25) is 11.7 Å². The van der Waals surface area contributed by atoms with Gasteiger partial charge < -0.3 is 5.73 Å². The predicted octanol–water partition coefficient (Wildman–Crippen LogP) is 1.70. The Morgan fingerprint density at radius 1 is 0.971 bits per heavy atom. The second-order valence-corrected chi connectivity index (χ2v) is 8.57. The van der Waals surface area contributed by atoms with Crippen molar-refractivity contribution in [3.63, 3.8) is 0 Å². The molecule has 6 aromatic rings. The topological polar surface area (TPSA) is 141 Å². The van der Waals surface area contributed by atoms with E-state index in [1.165, 1.54) is 22.3 Å². The number of nitrogens with zero attached hydrogens (tertiary/aromatic N) is 7. The molecule has 4 aromatic heterocycles. The Labute approximate surface area is 194 Å². The first-order valence-corrected chi connectivity index (χ1v) is 11.3. The highest BCUT2D eigenvalue weighted by Gasteiger charge is 2.17. The van der Waals surface area contributed by atoms with Gasteiger partial charge in [-0.2, -0.15) is 9.50 Å². The van der Waals surface area contributed by atoms with Gasteiger partial charge in [-0.05, 0) is 17.7 Å². The van der Waals surface area contributed by atoms with Crippen molar-refractivity contribution in [3.05, 3.63) is 92.6 Å². The SMILES string of the molecule is Nc1nc2nc(CSc3nnc4n(Cc5ccccc5)c(=O)c5ccccc5n34)cc(=O)n2[nH]1. The van der Waals surface area contributed by atoms with E-state index in [1.807, 2.05) is 52.9 Å². The summed E-state index contributed by atoms with van der Waals surface area (Å²) in [6.07, 6.45) is 0. The molecule has 0 aliphatic rings. The van der Waals surface area contributed by atoms with Crippen LogP contribution in [0.25, 0.3) is 22.5 Å². The largest absolute Gasteiger partial charge is 0.368 e. The molecule has 0 saturated heterocycles. The van der Waals surface area contributed by atoms with Crippen LogP contribution in [0.1, 0.15) is 11.3 Å². The second-order valence-electron chi connectivity index (χ2n) is 7.63. The van der Waals surface area contributed by atoms with Crippen LogP contribution in [0.5, 0.6) is 0 Å². The Morgan fingerprint density at radius 3 is 2.62 bits per heavy atom. The molecule has 0 aliphatic heterocycles. The Balaban J connectivity index is 1.45. The predicted molar refractivity (Wildman–Crippen MR) is 128 cm³/mol. The Kier molecular flexibility index (Phi) is 4.66. The fraction of sp³-hybridized carbons (Fsp3) is 0.0909. The Morgan fingerprint density at radius 2 is 1.76 bits per heavy atom. The van der Waals surface area contributed by atoms with Gasteiger partial charge in [0.15, 0.2) is 5.16 Å². The number of nitrogen functional groups attached to an aromatic ring is 1. The molecule has 0 saturated carbocycles. The standard InChI is InChI=1S/C22H17N9O2S/c23-19-25-20-24-14(10-17(32)31(20)28-19)12-34-22-27-26-21-29(11-13-6-2-1-3-7-13)18(33)15-8-4-5-9-16(15)30(21)22/h1-10H,11-12H2,(H3,23,24,25,28). The summed E-state index contributed by atoms with van der Waals surface area (Å²) in [5, 5.41) is 12.5. The summed E-state index contributed by atoms with van der Waals surface area (Å²) in [5.74, 6) is 1.11. The van der Waals surface area contributed by atoms with E-state index in [1.54, 1.807) is 10.6 Å². The van der Waals surface area contributed by atoms with Gasteiger partial charge in [-0.25, -0.2) is 4.98 Å². The number of H-pyrrole nitrogens is 1. The van der Waals surface area contributed by atoms with Crippen molar-refractivity contribution in [1.82, 2.24) is 38.7 Å². The van der Waals surface area contributed by atoms with Gasteiger partial charge >= 0.3 is 0 Å². The first-order chi connectivity index (χ1) is 16.6. The number of nitrogens with one attached hydrogen (secondary N) is 1. The normalized spacial score (nSPS) is 11.6. The summed E-state index contributed by atoms with van der Waals surface area (Å²) in [6, 6.07) is 18.5. The first kappa shape index (κ1) is 20.2. The van der Waals surface area contributed by atoms with Crippen molar-refractivity contribution in [2.75, 3.05) is 5.73 Å². The molecule has 2 aromatic carbocycles. The molecule has 0 spiro atoms. The first-order valence-electron chi connectivity index (χ1n) is 10.4. The molecule has 0 amide bonds. The minimum Gasteiger partial charge on any atom is -0.368 e. The molecule has 11 nitrogen and oxygen atoms in total. The third kappa shape index (κ3) is 3.31. The lowest BCUT2D eigenvalue weighted by molar-refractivity contribution is 0.764. The van der Waals surface area contributed by atoms with Gasteiger partial charge in [0, 0.05) is 11.8 Å². The molecule has 0 aliphatic carbocycles. The molecule has 0 radical (unpaired) electrons. The second kappa shape index (κ2) is 7.85. The summed E-state index contributed by atoms with van der Waals surface area (Å²) in [5.41, 5.74) is 7.42. The van der Waals surface area contributed by atoms with Crippen LogP contribution in [-0.2, 0) is 12.3 Å². The fourth-order valence-corrected chi connectivity index (χ4v) is 4.72. The number of rotatable bonds is 5. The number of aromatic nitrogens is 8. The summed E-state index contributed by atoms with van der Waals surface area (Å²) in [4.78, 5) is 34.1. The summed E-state index contributed by atoms with van der Waals surface area (Å²) in [6.45, 7) is 0.367. The molecular formula is C22H17N9O2S. The number of thioether (sulfide) groups is 1. The molecule has 0 atom stereocenters. The van der Waals surface area contributed by atoms with E-state index in [0.717, 1.165) is 5.56 Å². The Bertz CT molecular complexity index is 1800. The van der Waals surface area contributed by atoms with Crippen molar-refractivity contribution in [2.24, 2.45) is 0 Å². The number of hydrogen-bond donors (Lipinski definition) is 2. The third-order valence-electron chi connectivity index (χ3n) is 5.41. The van der Waals surface area contributed by atoms with Crippen molar-refractivity contribution in [3.8, 4) is 0 Å². The van der Waals surface area contributed by atoms with Crippen LogP contribution in [-0.4, -0.2) is 38.7 Å². The highest BCUT2D eigenvalue weighted by atomic mass is 32.2. The number of anilines is 1. The number of benzene rings is 2. The van der Waals surface area contributed by atoms with E-state index in [9.17, 15) is 9.59 Å². The quantitative estimate of drug-likeness (QED) is 0.362. The maximum atomic E-state index is 13.3. The lowest BCUT2D eigenvalue weighted by atomic mass is 10.2. The summed E-state index contributed by atoms with van der Waals surface area (Å²) >= 11 is 1.36. The van der Waals surface area contributed by atoms with Gasteiger partial charge in [0.05, 0.1) is 23.1 Å². The molecule has 34 heavy (non-hydrogen) atoms. The molecular weight excluding hydrogens is 454 g/mol. The minimum absolute atomic E-state index is 0.112. The number of aromatic amines is 1. The van der Waals surface area contributed by atoms with Crippen LogP contribution in [0.4, 0.5) is 5.95 Å². The van der Waals surface area contributed by atoms with Crippen LogP contribution in [0.3, 0.4) is 0 Å². The van der Waals surface area contributed by atoms with Crippen molar-refractivity contribution in [2.45, 2.75) is 17.5 Å². The lowest BCUT2D eigenvalue weighted by Gasteiger charge is -2.11. The van der Waals surface area contributed by atoms with E-state index < -0.39 is 0 Å². The highest BCUT2D eigenvalue weighted by Crippen LogP contribution is 2.24. The average Bonchev–Trinajstić information content (AvgIpc) is 3.44. The van der Waals surface area contributed by atoms with E-state index in [0.29, 0.717) is 39.8 Å². The Hall–Kier alpha value is -4.45. The zero-order valence-electron chi connectivity index (χ0n) is 17.6. The zero-order valence-corrected chi connectivity index (χ0v) is 18.4. The van der Waals surface area contributed by atoms with Gasteiger partial charge in [-0.3, -0.25) is 23.7 Å². The van der Waals surface area contributed by atoms with Crippen LogP contribution < -0.4 is 16.9 Å².